The topological polar surface area (TPSA) is 102 Å². The molecule has 0 radical (unpaired) electrons. The van der Waals surface area contributed by atoms with Gasteiger partial charge in [0.1, 0.15) is 0 Å². The van der Waals surface area contributed by atoms with E-state index in [1.54, 1.807) is 0 Å². The summed E-state index contributed by atoms with van der Waals surface area (Å²) in [7, 11) is -2.66. The molecule has 1 aliphatic heterocycles. The van der Waals surface area contributed by atoms with E-state index in [0.717, 1.165) is 21.3 Å². The number of likely N-dealkylation sites (N-methyl/N-ethyl adjacent to an activating group) is 1. The average molecular weight is 336 g/mol. The Bertz CT molecular complexity index is 549. The summed E-state index contributed by atoms with van der Waals surface area (Å²) in [5.74, 6) is -1.84. The van der Waals surface area contributed by atoms with Gasteiger partial charge in [-0.25, -0.2) is 14.0 Å². The predicted octanol–water partition coefficient (Wildman–Crippen LogP) is -0.349. The van der Waals surface area contributed by atoms with Crippen LogP contribution in [-0.2, 0) is 28.9 Å². The van der Waals surface area contributed by atoms with Crippen molar-refractivity contribution in [3.63, 3.8) is 0 Å². The smallest absolute Gasteiger partial charge is 0.430 e. The molecule has 0 aromatic heterocycles. The number of methoxy groups -OCH3 is 1. The highest BCUT2D eigenvalue weighted by Crippen LogP contribution is 2.42. The number of halogens is 3. The lowest BCUT2D eigenvalue weighted by atomic mass is 10.0. The van der Waals surface area contributed by atoms with E-state index in [0.29, 0.717) is 0 Å². The van der Waals surface area contributed by atoms with Crippen LogP contribution in [0.15, 0.2) is 0 Å². The lowest BCUT2D eigenvalue weighted by molar-refractivity contribution is -0.253. The number of rotatable bonds is 2. The van der Waals surface area contributed by atoms with Crippen LogP contribution >= 0.6 is 0 Å². The van der Waals surface area contributed by atoms with Crippen molar-refractivity contribution in [2.45, 2.75) is 11.8 Å². The molecule has 9 nitrogen and oxygen atoms in total. The number of hydroxylamine groups is 2. The molecule has 0 aromatic rings. The van der Waals surface area contributed by atoms with Crippen molar-refractivity contribution in [2.75, 3.05) is 27.8 Å². The summed E-state index contributed by atoms with van der Waals surface area (Å²) >= 11 is 0. The molecule has 13 heteroatoms. The minimum Gasteiger partial charge on any atom is -0.452 e. The van der Waals surface area contributed by atoms with Gasteiger partial charge in [0, 0.05) is 7.05 Å². The van der Waals surface area contributed by atoms with Crippen LogP contribution in [0.5, 0.6) is 0 Å². The molecule has 1 atom stereocenters. The van der Waals surface area contributed by atoms with Crippen molar-refractivity contribution in [3.8, 4) is 0 Å². The van der Waals surface area contributed by atoms with Gasteiger partial charge in [0.2, 0.25) is 0 Å². The van der Waals surface area contributed by atoms with Crippen molar-refractivity contribution in [1.82, 2.24) is 9.37 Å². The largest absolute Gasteiger partial charge is 0.452 e. The molecular weight excluding hydrogens is 325 g/mol. The Hall–Kier alpha value is -1.60. The van der Waals surface area contributed by atoms with Gasteiger partial charge < -0.3 is 4.74 Å². The van der Waals surface area contributed by atoms with Crippen molar-refractivity contribution in [2.24, 2.45) is 0 Å². The quantitative estimate of drug-likeness (QED) is 0.635. The van der Waals surface area contributed by atoms with E-state index in [4.69, 9.17) is 0 Å². The fourth-order valence-electron chi connectivity index (χ4n) is 1.49. The number of carbonyl (C=O) groups excluding carboxylic acids is 2. The SMILES string of the molecule is COC(=O)N1C[C@](C(=O)N(C)OC)(C(F)(F)F)OS1(=O)=O. The van der Waals surface area contributed by atoms with E-state index in [2.05, 4.69) is 13.8 Å². The maximum absolute atomic E-state index is 13.2. The van der Waals surface area contributed by atoms with Crippen LogP contribution in [0, 0.1) is 0 Å². The normalized spacial score (nSPS) is 24.8. The van der Waals surface area contributed by atoms with Crippen LogP contribution in [0.1, 0.15) is 0 Å². The van der Waals surface area contributed by atoms with Crippen molar-refractivity contribution in [3.05, 3.63) is 0 Å². The first kappa shape index (κ1) is 17.5. The molecular formula is C8H11F3N2O7S. The molecule has 0 bridgehead atoms. The summed E-state index contributed by atoms with van der Waals surface area (Å²) in [5, 5.41) is 0.143. The summed E-state index contributed by atoms with van der Waals surface area (Å²) < 4.78 is 70.2. The number of nitrogens with zero attached hydrogens (tertiary/aromatic N) is 2. The number of hydrogen-bond acceptors (Lipinski definition) is 7. The fourth-order valence-corrected chi connectivity index (χ4v) is 2.75. The second-order valence-electron chi connectivity index (χ2n) is 3.83. The third-order valence-electron chi connectivity index (χ3n) is 2.63. The lowest BCUT2D eigenvalue weighted by Gasteiger charge is -2.29. The molecule has 0 unspecified atom stereocenters. The molecule has 0 aliphatic carbocycles. The number of amides is 2. The summed E-state index contributed by atoms with van der Waals surface area (Å²) in [6.45, 7) is -1.61. The Labute approximate surface area is 117 Å². The minimum atomic E-state index is -5.42. The van der Waals surface area contributed by atoms with E-state index in [9.17, 15) is 31.2 Å². The van der Waals surface area contributed by atoms with Crippen LogP contribution in [0.2, 0.25) is 0 Å². The Balaban J connectivity index is 3.38. The Morgan fingerprint density at radius 3 is 2.24 bits per heavy atom. The van der Waals surface area contributed by atoms with Crippen LogP contribution in [0.4, 0.5) is 18.0 Å². The highest BCUT2D eigenvalue weighted by molar-refractivity contribution is 7.85. The Morgan fingerprint density at radius 2 is 1.86 bits per heavy atom. The summed E-state index contributed by atoms with van der Waals surface area (Å²) in [6, 6.07) is 0. The Morgan fingerprint density at radius 1 is 1.33 bits per heavy atom. The minimum absolute atomic E-state index is 0.143. The highest BCUT2D eigenvalue weighted by Gasteiger charge is 2.72. The number of ether oxygens (including phenoxy) is 1. The highest BCUT2D eigenvalue weighted by atomic mass is 32.2. The molecule has 0 aromatic carbocycles. The van der Waals surface area contributed by atoms with Gasteiger partial charge in [-0.2, -0.15) is 25.9 Å². The van der Waals surface area contributed by atoms with Crippen LogP contribution in [0.25, 0.3) is 0 Å². The van der Waals surface area contributed by atoms with E-state index in [-0.39, 0.29) is 9.37 Å². The van der Waals surface area contributed by atoms with Crippen LogP contribution in [0.3, 0.4) is 0 Å². The average Bonchev–Trinajstić information content (AvgIpc) is 2.68. The molecule has 21 heavy (non-hydrogen) atoms. The number of hydrogen-bond donors (Lipinski definition) is 0. The zero-order valence-corrected chi connectivity index (χ0v) is 11.8. The van der Waals surface area contributed by atoms with Crippen molar-refractivity contribution >= 4 is 22.3 Å². The van der Waals surface area contributed by atoms with E-state index >= 15 is 0 Å². The summed E-state index contributed by atoms with van der Waals surface area (Å²) in [4.78, 5) is 27.3. The van der Waals surface area contributed by atoms with Gasteiger partial charge in [-0.05, 0) is 0 Å². The molecule has 1 fully saturated rings. The predicted molar refractivity (Wildman–Crippen MR) is 57.7 cm³/mol. The van der Waals surface area contributed by atoms with Gasteiger partial charge in [0.15, 0.2) is 0 Å². The number of carbonyl (C=O) groups is 2. The zero-order valence-electron chi connectivity index (χ0n) is 11.0. The van der Waals surface area contributed by atoms with Gasteiger partial charge in [0.05, 0.1) is 20.8 Å². The second-order valence-corrected chi connectivity index (χ2v) is 5.29. The monoisotopic (exact) mass is 336 g/mol. The third-order valence-corrected chi connectivity index (χ3v) is 3.94. The zero-order chi connectivity index (χ0) is 16.6. The van der Waals surface area contributed by atoms with Crippen LogP contribution < -0.4 is 0 Å². The maximum atomic E-state index is 13.2. The van der Waals surface area contributed by atoms with Gasteiger partial charge in [-0.15, -0.1) is 0 Å². The van der Waals surface area contributed by atoms with Gasteiger partial charge in [0.25, 0.3) is 11.5 Å². The lowest BCUT2D eigenvalue weighted by Crippen LogP contribution is -2.59. The molecule has 2 amide bonds. The molecule has 1 saturated heterocycles. The molecule has 122 valence electrons. The Kier molecular flexibility index (Phi) is 4.41. The first-order chi connectivity index (χ1) is 9.43. The fraction of sp³-hybridized carbons (Fsp3) is 0.750. The standard InChI is InChI=1S/C8H11F3N2O7S/c1-12(19-3)5(14)7(8(9,10)11)4-13(6(15)18-2)21(16,17)20-7/h4H2,1-3H3/t7-/m0/s1. The van der Waals surface area contributed by atoms with Crippen molar-refractivity contribution < 1.29 is 44.9 Å². The molecule has 1 rings (SSSR count). The van der Waals surface area contributed by atoms with Crippen molar-refractivity contribution in [1.29, 1.82) is 0 Å². The molecule has 0 N–H and O–H groups in total. The summed E-state index contributed by atoms with van der Waals surface area (Å²) in [6.07, 6.45) is -7.04. The molecule has 1 aliphatic rings. The van der Waals surface area contributed by atoms with Gasteiger partial charge in [-0.3, -0.25) is 9.63 Å². The maximum Gasteiger partial charge on any atom is 0.430 e. The van der Waals surface area contributed by atoms with E-state index in [1.165, 1.54) is 0 Å². The third kappa shape index (κ3) is 2.75. The first-order valence-electron chi connectivity index (χ1n) is 5.13. The van der Waals surface area contributed by atoms with Crippen LogP contribution in [-0.4, -0.2) is 69.4 Å². The first-order valence-corrected chi connectivity index (χ1v) is 6.49. The van der Waals surface area contributed by atoms with E-state index in [1.807, 2.05) is 0 Å². The van der Waals surface area contributed by atoms with Gasteiger partial charge in [-0.1, -0.05) is 0 Å². The molecule has 0 spiro atoms. The second kappa shape index (κ2) is 5.31. The molecule has 1 heterocycles. The number of alkyl halides is 3. The van der Waals surface area contributed by atoms with Gasteiger partial charge >= 0.3 is 22.6 Å². The van der Waals surface area contributed by atoms with E-state index < -0.39 is 40.6 Å². The summed E-state index contributed by atoms with van der Waals surface area (Å²) in [5.41, 5.74) is -3.80. The molecule has 0 saturated carbocycles.